The van der Waals surface area contributed by atoms with Crippen LogP contribution in [0.15, 0.2) is 18.5 Å². The van der Waals surface area contributed by atoms with Gasteiger partial charge in [0.05, 0.1) is 30.2 Å². The SMILES string of the molecule is CC(C)n1ncc2cc(NC(=O)N[C@@H](C)[C@H]3CCCO3)cnc21. The highest BCUT2D eigenvalue weighted by Gasteiger charge is 2.23. The lowest BCUT2D eigenvalue weighted by Gasteiger charge is -2.20. The fraction of sp³-hybridized carbons (Fsp3) is 0.562. The number of urea groups is 1. The third kappa shape index (κ3) is 3.44. The van der Waals surface area contributed by atoms with Gasteiger partial charge in [-0.15, -0.1) is 0 Å². The third-order valence-electron chi connectivity index (χ3n) is 4.06. The van der Waals surface area contributed by atoms with E-state index in [1.54, 1.807) is 12.4 Å². The van der Waals surface area contributed by atoms with Crippen molar-refractivity contribution in [1.29, 1.82) is 0 Å². The smallest absolute Gasteiger partial charge is 0.319 e. The molecule has 124 valence electrons. The Balaban J connectivity index is 1.65. The molecule has 7 nitrogen and oxygen atoms in total. The highest BCUT2D eigenvalue weighted by Crippen LogP contribution is 2.19. The molecule has 2 N–H and O–H groups in total. The average molecular weight is 317 g/mol. The second kappa shape index (κ2) is 6.54. The maximum atomic E-state index is 12.1. The standard InChI is InChI=1S/C16H23N5O2/c1-10(2)21-15-12(8-18-21)7-13(9-17-15)20-16(22)19-11(3)14-5-4-6-23-14/h7-11,14H,4-6H2,1-3H3,(H2,19,20,22)/t11-,14+/m0/s1. The highest BCUT2D eigenvalue weighted by molar-refractivity contribution is 5.91. The number of nitrogens with zero attached hydrogens (tertiary/aromatic N) is 3. The lowest BCUT2D eigenvalue weighted by molar-refractivity contribution is 0.0868. The van der Waals surface area contributed by atoms with Crippen LogP contribution in [0.3, 0.4) is 0 Å². The molecule has 2 amide bonds. The summed E-state index contributed by atoms with van der Waals surface area (Å²) in [6.07, 6.45) is 5.56. The van der Waals surface area contributed by atoms with E-state index in [-0.39, 0.29) is 24.2 Å². The predicted octanol–water partition coefficient (Wildman–Crippen LogP) is 2.70. The number of carbonyl (C=O) groups excluding carboxylic acids is 1. The van der Waals surface area contributed by atoms with Crippen molar-refractivity contribution in [3.8, 4) is 0 Å². The van der Waals surface area contributed by atoms with Gasteiger partial charge < -0.3 is 15.4 Å². The van der Waals surface area contributed by atoms with E-state index in [4.69, 9.17) is 4.74 Å². The number of nitrogens with one attached hydrogen (secondary N) is 2. The van der Waals surface area contributed by atoms with Crippen LogP contribution >= 0.6 is 0 Å². The minimum Gasteiger partial charge on any atom is -0.376 e. The molecule has 7 heteroatoms. The Morgan fingerprint density at radius 2 is 2.22 bits per heavy atom. The number of aromatic nitrogens is 3. The quantitative estimate of drug-likeness (QED) is 0.908. The minimum absolute atomic E-state index is 0.0159. The molecule has 2 atom stereocenters. The van der Waals surface area contributed by atoms with Gasteiger partial charge in [-0.3, -0.25) is 0 Å². The first-order chi connectivity index (χ1) is 11.0. The van der Waals surface area contributed by atoms with Gasteiger partial charge in [-0.05, 0) is 39.7 Å². The Bertz CT molecular complexity index is 691. The number of ether oxygens (including phenoxy) is 1. The molecule has 1 aliphatic rings. The number of rotatable bonds is 4. The Kier molecular flexibility index (Phi) is 4.47. The largest absolute Gasteiger partial charge is 0.376 e. The average Bonchev–Trinajstić information content (AvgIpc) is 3.16. The van der Waals surface area contributed by atoms with Gasteiger partial charge in [0.1, 0.15) is 0 Å². The number of carbonyl (C=O) groups is 1. The summed E-state index contributed by atoms with van der Waals surface area (Å²) in [5.74, 6) is 0. The summed E-state index contributed by atoms with van der Waals surface area (Å²) in [4.78, 5) is 16.5. The van der Waals surface area contributed by atoms with E-state index in [9.17, 15) is 4.79 Å². The van der Waals surface area contributed by atoms with Gasteiger partial charge in [0.2, 0.25) is 0 Å². The summed E-state index contributed by atoms with van der Waals surface area (Å²) >= 11 is 0. The zero-order valence-corrected chi connectivity index (χ0v) is 13.7. The summed E-state index contributed by atoms with van der Waals surface area (Å²) in [5, 5.41) is 11.0. The summed E-state index contributed by atoms with van der Waals surface area (Å²) in [6.45, 7) is 6.85. The van der Waals surface area contributed by atoms with Crippen molar-refractivity contribution in [3.63, 3.8) is 0 Å². The van der Waals surface area contributed by atoms with Crippen LogP contribution in [-0.2, 0) is 4.74 Å². The van der Waals surface area contributed by atoms with E-state index >= 15 is 0 Å². The number of amides is 2. The fourth-order valence-corrected chi connectivity index (χ4v) is 2.85. The van der Waals surface area contributed by atoms with Crippen molar-refractivity contribution in [2.75, 3.05) is 11.9 Å². The molecule has 0 aliphatic carbocycles. The Morgan fingerprint density at radius 3 is 2.91 bits per heavy atom. The first-order valence-electron chi connectivity index (χ1n) is 8.07. The maximum absolute atomic E-state index is 12.1. The fourth-order valence-electron chi connectivity index (χ4n) is 2.85. The zero-order valence-electron chi connectivity index (χ0n) is 13.7. The van der Waals surface area contributed by atoms with Gasteiger partial charge in [0.15, 0.2) is 5.65 Å². The molecule has 0 spiro atoms. The van der Waals surface area contributed by atoms with E-state index in [1.165, 1.54) is 0 Å². The lowest BCUT2D eigenvalue weighted by atomic mass is 10.1. The molecule has 2 aromatic heterocycles. The molecule has 0 radical (unpaired) electrons. The Hall–Kier alpha value is -2.15. The van der Waals surface area contributed by atoms with Crippen LogP contribution in [0.25, 0.3) is 11.0 Å². The zero-order chi connectivity index (χ0) is 16.4. The van der Waals surface area contributed by atoms with E-state index in [0.717, 1.165) is 30.5 Å². The van der Waals surface area contributed by atoms with Gasteiger partial charge in [0.25, 0.3) is 0 Å². The molecular formula is C16H23N5O2. The maximum Gasteiger partial charge on any atom is 0.319 e. The normalized spacial score (nSPS) is 19.2. The van der Waals surface area contributed by atoms with Crippen molar-refractivity contribution in [1.82, 2.24) is 20.1 Å². The number of pyridine rings is 1. The first-order valence-corrected chi connectivity index (χ1v) is 8.07. The monoisotopic (exact) mass is 317 g/mol. The van der Waals surface area contributed by atoms with Crippen molar-refractivity contribution in [2.24, 2.45) is 0 Å². The molecular weight excluding hydrogens is 294 g/mol. The van der Waals surface area contributed by atoms with Crippen molar-refractivity contribution < 1.29 is 9.53 Å². The van der Waals surface area contributed by atoms with Crippen LogP contribution < -0.4 is 10.6 Å². The second-order valence-corrected chi connectivity index (χ2v) is 6.26. The molecule has 0 aromatic carbocycles. The molecule has 1 saturated heterocycles. The molecule has 0 bridgehead atoms. The van der Waals surface area contributed by atoms with Crippen LogP contribution in [0.1, 0.15) is 39.7 Å². The molecule has 3 heterocycles. The van der Waals surface area contributed by atoms with Gasteiger partial charge in [-0.25, -0.2) is 14.5 Å². The lowest BCUT2D eigenvalue weighted by Crippen LogP contribution is -2.42. The van der Waals surface area contributed by atoms with Gasteiger partial charge in [0, 0.05) is 18.0 Å². The van der Waals surface area contributed by atoms with Crippen LogP contribution in [0, 0.1) is 0 Å². The molecule has 0 saturated carbocycles. The van der Waals surface area contributed by atoms with Gasteiger partial charge in [-0.2, -0.15) is 5.10 Å². The van der Waals surface area contributed by atoms with Crippen molar-refractivity contribution in [3.05, 3.63) is 18.5 Å². The summed E-state index contributed by atoms with van der Waals surface area (Å²) < 4.78 is 7.44. The second-order valence-electron chi connectivity index (χ2n) is 6.26. The van der Waals surface area contributed by atoms with Gasteiger partial charge >= 0.3 is 6.03 Å². The van der Waals surface area contributed by atoms with E-state index in [1.807, 2.05) is 17.7 Å². The van der Waals surface area contributed by atoms with E-state index in [2.05, 4.69) is 34.6 Å². The van der Waals surface area contributed by atoms with Crippen LogP contribution in [0.5, 0.6) is 0 Å². The number of hydrogen-bond donors (Lipinski definition) is 2. The van der Waals surface area contributed by atoms with Crippen LogP contribution in [0.2, 0.25) is 0 Å². The predicted molar refractivity (Wildman–Crippen MR) is 88.5 cm³/mol. The molecule has 0 unspecified atom stereocenters. The summed E-state index contributed by atoms with van der Waals surface area (Å²) in [5.41, 5.74) is 1.47. The van der Waals surface area contributed by atoms with E-state index in [0.29, 0.717) is 5.69 Å². The number of anilines is 1. The topological polar surface area (TPSA) is 81.1 Å². The first kappa shape index (κ1) is 15.7. The number of hydrogen-bond acceptors (Lipinski definition) is 4. The van der Waals surface area contributed by atoms with Crippen molar-refractivity contribution >= 4 is 22.8 Å². The molecule has 2 aromatic rings. The molecule has 3 rings (SSSR count). The molecule has 23 heavy (non-hydrogen) atoms. The minimum atomic E-state index is -0.245. The van der Waals surface area contributed by atoms with Gasteiger partial charge in [-0.1, -0.05) is 0 Å². The summed E-state index contributed by atoms with van der Waals surface area (Å²) in [7, 11) is 0. The molecule has 1 aliphatic heterocycles. The van der Waals surface area contributed by atoms with Crippen LogP contribution in [0.4, 0.5) is 10.5 Å². The summed E-state index contributed by atoms with van der Waals surface area (Å²) in [6, 6.07) is 1.86. The van der Waals surface area contributed by atoms with Crippen molar-refractivity contribution in [2.45, 2.75) is 51.8 Å². The molecule has 1 fully saturated rings. The third-order valence-corrected chi connectivity index (χ3v) is 4.06. The highest BCUT2D eigenvalue weighted by atomic mass is 16.5. The Morgan fingerprint density at radius 1 is 1.39 bits per heavy atom. The van der Waals surface area contributed by atoms with E-state index < -0.39 is 0 Å². The Labute approximate surface area is 135 Å². The number of fused-ring (bicyclic) bond motifs is 1. The van der Waals surface area contributed by atoms with Crippen LogP contribution in [-0.4, -0.2) is 39.5 Å².